The zero-order chi connectivity index (χ0) is 11.0. The van der Waals surface area contributed by atoms with Crippen LogP contribution in [0.3, 0.4) is 0 Å². The number of carboxylic acid groups (broad SMARTS) is 1. The van der Waals surface area contributed by atoms with Gasteiger partial charge in [0.25, 0.3) is 0 Å². The molecule has 0 saturated carbocycles. The minimum Gasteiger partial charge on any atom is -0.549 e. The maximum atomic E-state index is 9.13. The molecule has 14 heavy (non-hydrogen) atoms. The first-order valence-electron chi connectivity index (χ1n) is 4.04. The zero-order valence-electron chi connectivity index (χ0n) is 8.10. The van der Waals surface area contributed by atoms with Crippen molar-refractivity contribution in [3.63, 3.8) is 0 Å². The fourth-order valence-electron chi connectivity index (χ4n) is 0.679. The predicted octanol–water partition coefficient (Wildman–Crippen LogP) is -0.775. The number of allylic oxidation sites excluding steroid dienone is 1. The Morgan fingerprint density at radius 3 is 2.71 bits per heavy atom. The summed E-state index contributed by atoms with van der Waals surface area (Å²) in [6.45, 7) is 6.29. The molecule has 0 spiro atoms. The summed E-state index contributed by atoms with van der Waals surface area (Å²) in [5.74, 6) is -1.22. The summed E-state index contributed by atoms with van der Waals surface area (Å²) in [7, 11) is 0. The molecular formula is C9H14N2O2S. The molecule has 0 fully saturated rings. The molecular weight excluding hydrogens is 200 g/mol. The Labute approximate surface area is 87.3 Å². The number of carbonyl (C=O) groups is 1. The minimum atomic E-state index is -1.22. The van der Waals surface area contributed by atoms with Crippen LogP contribution in [0.25, 0.3) is 0 Å². The van der Waals surface area contributed by atoms with E-state index in [1.165, 1.54) is 5.69 Å². The van der Waals surface area contributed by atoms with E-state index in [2.05, 4.69) is 34.7 Å². The number of hydrogen-bond acceptors (Lipinski definition) is 4. The zero-order valence-corrected chi connectivity index (χ0v) is 8.92. The molecule has 0 radical (unpaired) electrons. The highest BCUT2D eigenvalue weighted by molar-refractivity contribution is 7.07. The number of nitrogens with zero attached hydrogens (tertiary/aromatic N) is 1. The van der Waals surface area contributed by atoms with Gasteiger partial charge < -0.3 is 15.6 Å². The van der Waals surface area contributed by atoms with Gasteiger partial charge >= 0.3 is 0 Å². The van der Waals surface area contributed by atoms with Crippen molar-refractivity contribution in [3.05, 3.63) is 29.2 Å². The molecule has 2 N–H and O–H groups in total. The standard InChI is InChI=1S/C7H10NS.C2H5NO2/c1-3-4-8-6-9-5-7(8)2;3-1-2(4)5/h3,5-6H,1,4H2,2H3;1,3H2,(H,4,5)/q+1;/p-1. The van der Waals surface area contributed by atoms with Gasteiger partial charge in [-0.05, 0) is 6.08 Å². The van der Waals surface area contributed by atoms with Crippen molar-refractivity contribution in [1.82, 2.24) is 0 Å². The molecule has 1 rings (SSSR count). The lowest BCUT2D eigenvalue weighted by Gasteiger charge is -1.87. The fourth-order valence-corrected chi connectivity index (χ4v) is 1.47. The van der Waals surface area contributed by atoms with Gasteiger partial charge in [0.15, 0.2) is 12.2 Å². The second-order valence-corrected chi connectivity index (χ2v) is 3.24. The van der Waals surface area contributed by atoms with Crippen LogP contribution in [0.2, 0.25) is 0 Å². The molecule has 4 nitrogen and oxygen atoms in total. The second kappa shape index (κ2) is 7.23. The van der Waals surface area contributed by atoms with Crippen molar-refractivity contribution < 1.29 is 14.5 Å². The Hall–Kier alpha value is -1.20. The van der Waals surface area contributed by atoms with E-state index in [9.17, 15) is 0 Å². The lowest BCUT2D eigenvalue weighted by Crippen LogP contribution is -2.32. The van der Waals surface area contributed by atoms with Crippen LogP contribution in [-0.4, -0.2) is 12.5 Å². The number of nitrogens with two attached hydrogens (primary N) is 1. The monoisotopic (exact) mass is 214 g/mol. The number of aromatic nitrogens is 1. The van der Waals surface area contributed by atoms with Crippen molar-refractivity contribution in [3.8, 4) is 0 Å². The van der Waals surface area contributed by atoms with Gasteiger partial charge in [0, 0.05) is 13.5 Å². The molecule has 0 bridgehead atoms. The van der Waals surface area contributed by atoms with Gasteiger partial charge in [-0.25, -0.2) is 0 Å². The molecule has 0 saturated heterocycles. The highest BCUT2D eigenvalue weighted by Crippen LogP contribution is 1.95. The van der Waals surface area contributed by atoms with E-state index in [0.29, 0.717) is 0 Å². The summed E-state index contributed by atoms with van der Waals surface area (Å²) in [5.41, 5.74) is 7.91. The Balaban J connectivity index is 0.000000292. The SMILES string of the molecule is C=CC[n+]1cscc1C.NCC(=O)[O-]. The number of rotatable bonds is 3. The lowest BCUT2D eigenvalue weighted by molar-refractivity contribution is -0.688. The number of carbonyl (C=O) groups excluding carboxylic acids is 1. The first kappa shape index (κ1) is 12.8. The van der Waals surface area contributed by atoms with Gasteiger partial charge in [-0.1, -0.05) is 17.9 Å². The minimum absolute atomic E-state index is 0.389. The normalized spacial score (nSPS) is 8.71. The average Bonchev–Trinajstić information content (AvgIpc) is 2.54. The van der Waals surface area contributed by atoms with Crippen molar-refractivity contribution in [2.75, 3.05) is 6.54 Å². The molecule has 1 heterocycles. The fraction of sp³-hybridized carbons (Fsp3) is 0.333. The maximum Gasteiger partial charge on any atom is 0.225 e. The molecule has 0 aliphatic carbocycles. The third kappa shape index (κ3) is 5.45. The number of hydrogen-bond donors (Lipinski definition) is 1. The van der Waals surface area contributed by atoms with E-state index in [0.717, 1.165) is 6.54 Å². The molecule has 0 amide bonds. The molecule has 78 valence electrons. The van der Waals surface area contributed by atoms with Crippen LogP contribution < -0.4 is 15.4 Å². The van der Waals surface area contributed by atoms with E-state index in [-0.39, 0.29) is 6.54 Å². The highest BCUT2D eigenvalue weighted by Gasteiger charge is 2.01. The second-order valence-electron chi connectivity index (χ2n) is 2.52. The van der Waals surface area contributed by atoms with Crippen LogP contribution in [0.1, 0.15) is 5.69 Å². The summed E-state index contributed by atoms with van der Waals surface area (Å²) >= 11 is 1.72. The Morgan fingerprint density at radius 2 is 2.43 bits per heavy atom. The van der Waals surface area contributed by atoms with E-state index >= 15 is 0 Å². The van der Waals surface area contributed by atoms with Gasteiger partial charge in [-0.15, -0.1) is 0 Å². The van der Waals surface area contributed by atoms with E-state index < -0.39 is 5.97 Å². The summed E-state index contributed by atoms with van der Waals surface area (Å²) < 4.78 is 2.16. The van der Waals surface area contributed by atoms with E-state index in [1.54, 1.807) is 11.3 Å². The van der Waals surface area contributed by atoms with Crippen molar-refractivity contribution in [2.45, 2.75) is 13.5 Å². The number of carboxylic acids is 1. The molecule has 0 aromatic carbocycles. The van der Waals surface area contributed by atoms with Gasteiger partial charge in [0.2, 0.25) is 5.51 Å². The summed E-state index contributed by atoms with van der Waals surface area (Å²) in [4.78, 5) is 9.13. The Kier molecular flexibility index (Phi) is 6.61. The Bertz CT molecular complexity index is 297. The quantitative estimate of drug-likeness (QED) is 0.530. The highest BCUT2D eigenvalue weighted by atomic mass is 32.1. The summed E-state index contributed by atoms with van der Waals surface area (Å²) in [5, 5.41) is 11.3. The molecule has 1 aromatic rings. The number of thiazole rings is 1. The molecule has 0 aliphatic heterocycles. The van der Waals surface area contributed by atoms with Crippen LogP contribution in [0.4, 0.5) is 0 Å². The van der Waals surface area contributed by atoms with Crippen molar-refractivity contribution >= 4 is 17.3 Å². The smallest absolute Gasteiger partial charge is 0.225 e. The molecule has 1 aromatic heterocycles. The number of aryl methyl sites for hydroxylation is 1. The third-order valence-electron chi connectivity index (χ3n) is 1.37. The molecule has 5 heteroatoms. The molecule has 0 aliphatic rings. The van der Waals surface area contributed by atoms with Gasteiger partial charge in [-0.3, -0.25) is 0 Å². The summed E-state index contributed by atoms with van der Waals surface area (Å²) in [6, 6.07) is 0. The third-order valence-corrected chi connectivity index (χ3v) is 2.23. The van der Waals surface area contributed by atoms with Crippen molar-refractivity contribution in [2.24, 2.45) is 5.73 Å². The maximum absolute atomic E-state index is 9.13. The van der Waals surface area contributed by atoms with Gasteiger partial charge in [-0.2, -0.15) is 4.57 Å². The van der Waals surface area contributed by atoms with Crippen LogP contribution in [-0.2, 0) is 11.3 Å². The Morgan fingerprint density at radius 1 is 1.86 bits per heavy atom. The molecule has 0 unspecified atom stereocenters. The largest absolute Gasteiger partial charge is 0.549 e. The predicted molar refractivity (Wildman–Crippen MR) is 53.5 cm³/mol. The first-order valence-corrected chi connectivity index (χ1v) is 4.99. The van der Waals surface area contributed by atoms with Crippen molar-refractivity contribution in [1.29, 1.82) is 0 Å². The van der Waals surface area contributed by atoms with E-state index in [1.807, 2.05) is 6.08 Å². The average molecular weight is 214 g/mol. The first-order chi connectivity index (χ1) is 6.61. The van der Waals surface area contributed by atoms with Crippen LogP contribution in [0.5, 0.6) is 0 Å². The number of aliphatic carboxylic acids is 1. The van der Waals surface area contributed by atoms with Crippen LogP contribution >= 0.6 is 11.3 Å². The lowest BCUT2D eigenvalue weighted by atomic mass is 10.5. The van der Waals surface area contributed by atoms with Gasteiger partial charge in [0.1, 0.15) is 0 Å². The topological polar surface area (TPSA) is 70.0 Å². The van der Waals surface area contributed by atoms with Crippen LogP contribution in [0, 0.1) is 6.92 Å². The summed E-state index contributed by atoms with van der Waals surface area (Å²) in [6.07, 6.45) is 1.90. The molecule has 0 atom stereocenters. The van der Waals surface area contributed by atoms with E-state index in [4.69, 9.17) is 9.90 Å². The van der Waals surface area contributed by atoms with Crippen LogP contribution in [0.15, 0.2) is 23.5 Å². The van der Waals surface area contributed by atoms with Gasteiger partial charge in [0.05, 0.1) is 11.3 Å².